The molecule has 1 aromatic heterocycles. The van der Waals surface area contributed by atoms with Gasteiger partial charge in [0.25, 0.3) is 15.0 Å². The fourth-order valence-corrected chi connectivity index (χ4v) is 3.79. The second-order valence-electron chi connectivity index (χ2n) is 6.36. The quantitative estimate of drug-likeness (QED) is 0.863. The molecular formula is C14H19ClN2O3S. The predicted molar refractivity (Wildman–Crippen MR) is 80.1 cm³/mol. The third-order valence-corrected chi connectivity index (χ3v) is 5.72. The van der Waals surface area contributed by atoms with E-state index in [1.165, 1.54) is 12.3 Å². The molecule has 1 amide bonds. The van der Waals surface area contributed by atoms with Crippen molar-refractivity contribution in [1.29, 1.82) is 0 Å². The van der Waals surface area contributed by atoms with Gasteiger partial charge in [0.05, 0.1) is 0 Å². The van der Waals surface area contributed by atoms with Crippen molar-refractivity contribution in [2.75, 3.05) is 0 Å². The lowest BCUT2D eigenvalue weighted by molar-refractivity contribution is 0.0898. The molecule has 2 aliphatic rings. The molecule has 0 unspecified atom stereocenters. The number of carbonyl (C=O) groups excluding carboxylic acids is 1. The van der Waals surface area contributed by atoms with Crippen LogP contribution < -0.4 is 5.32 Å². The van der Waals surface area contributed by atoms with Crippen LogP contribution in [0.2, 0.25) is 0 Å². The Labute approximate surface area is 129 Å². The Hall–Kier alpha value is -1.01. The molecule has 0 saturated heterocycles. The Morgan fingerprint density at radius 1 is 1.38 bits per heavy atom. The van der Waals surface area contributed by atoms with Crippen molar-refractivity contribution in [3.05, 3.63) is 18.0 Å². The minimum absolute atomic E-state index is 0.00204. The lowest BCUT2D eigenvalue weighted by Crippen LogP contribution is -2.44. The van der Waals surface area contributed by atoms with Gasteiger partial charge in [0, 0.05) is 28.5 Å². The van der Waals surface area contributed by atoms with Gasteiger partial charge in [-0.3, -0.25) is 4.79 Å². The summed E-state index contributed by atoms with van der Waals surface area (Å²) >= 11 is 0. The first kappa shape index (κ1) is 14.9. The molecule has 1 heterocycles. The fraction of sp³-hybridized carbons (Fsp3) is 0.643. The molecule has 0 bridgehead atoms. The average Bonchev–Trinajstić information content (AvgIpc) is 2.96. The average molecular weight is 331 g/mol. The highest BCUT2D eigenvalue weighted by molar-refractivity contribution is 8.13. The van der Waals surface area contributed by atoms with Crippen LogP contribution in [-0.2, 0) is 9.05 Å². The molecule has 21 heavy (non-hydrogen) atoms. The van der Waals surface area contributed by atoms with E-state index in [1.807, 2.05) is 6.92 Å². The Morgan fingerprint density at radius 3 is 2.52 bits per heavy atom. The zero-order valence-corrected chi connectivity index (χ0v) is 13.5. The second kappa shape index (κ2) is 5.02. The number of rotatable bonds is 4. The van der Waals surface area contributed by atoms with Crippen molar-refractivity contribution >= 4 is 25.6 Å². The number of nitrogens with one attached hydrogen (secondary N) is 1. The molecule has 0 spiro atoms. The third-order valence-electron chi connectivity index (χ3n) is 4.40. The minimum atomic E-state index is -3.81. The lowest BCUT2D eigenvalue weighted by atomic mass is 10.0. The van der Waals surface area contributed by atoms with Gasteiger partial charge >= 0.3 is 0 Å². The summed E-state index contributed by atoms with van der Waals surface area (Å²) in [6, 6.07) is 1.60. The van der Waals surface area contributed by atoms with Gasteiger partial charge in [-0.2, -0.15) is 0 Å². The molecule has 2 aliphatic carbocycles. The van der Waals surface area contributed by atoms with Crippen molar-refractivity contribution in [1.82, 2.24) is 9.88 Å². The molecule has 0 radical (unpaired) electrons. The van der Waals surface area contributed by atoms with Crippen molar-refractivity contribution in [3.8, 4) is 0 Å². The highest BCUT2D eigenvalue weighted by Crippen LogP contribution is 2.38. The smallest absolute Gasteiger partial charge is 0.268 e. The Morgan fingerprint density at radius 2 is 2.00 bits per heavy atom. The Kier molecular flexibility index (Phi) is 3.56. The van der Waals surface area contributed by atoms with Gasteiger partial charge < -0.3 is 9.88 Å². The van der Waals surface area contributed by atoms with Crippen molar-refractivity contribution in [2.24, 2.45) is 0 Å². The number of hydrogen-bond donors (Lipinski definition) is 1. The summed E-state index contributed by atoms with van der Waals surface area (Å²) in [4.78, 5) is 12.5. The van der Waals surface area contributed by atoms with Crippen LogP contribution in [-0.4, -0.2) is 24.4 Å². The summed E-state index contributed by atoms with van der Waals surface area (Å²) in [5.41, 5.74) is 0.209. The summed E-state index contributed by atoms with van der Waals surface area (Å²) in [6.45, 7) is 2.04. The molecule has 0 aromatic carbocycles. The number of halogens is 1. The second-order valence-corrected chi connectivity index (χ2v) is 8.93. The maximum atomic E-state index is 12.5. The Balaban J connectivity index is 1.89. The maximum Gasteiger partial charge on any atom is 0.268 e. The molecule has 1 N–H and O–H groups in total. The third kappa shape index (κ3) is 3.11. The number of carbonyl (C=O) groups is 1. The number of aromatic nitrogens is 1. The van der Waals surface area contributed by atoms with E-state index in [0.29, 0.717) is 5.69 Å². The lowest BCUT2D eigenvalue weighted by Gasteiger charge is -2.25. The van der Waals surface area contributed by atoms with Gasteiger partial charge in [0.1, 0.15) is 10.6 Å². The largest absolute Gasteiger partial charge is 0.346 e. The standard InChI is InChI=1S/C14H19ClN2O3S/c1-14(6-2-3-7-14)16-13(18)12-8-11(21(15,19)20)9-17(12)10-4-5-10/h8-10H,2-7H2,1H3,(H,16,18). The minimum Gasteiger partial charge on any atom is -0.346 e. The first-order chi connectivity index (χ1) is 9.78. The van der Waals surface area contributed by atoms with Crippen LogP contribution in [0.1, 0.15) is 62.0 Å². The first-order valence-corrected chi connectivity index (χ1v) is 9.58. The number of amides is 1. The molecule has 116 valence electrons. The number of hydrogen-bond acceptors (Lipinski definition) is 3. The summed E-state index contributed by atoms with van der Waals surface area (Å²) in [6.07, 6.45) is 7.56. The van der Waals surface area contributed by atoms with Gasteiger partial charge in [-0.05, 0) is 38.7 Å². The van der Waals surface area contributed by atoms with Crippen LogP contribution in [0.25, 0.3) is 0 Å². The van der Waals surface area contributed by atoms with Gasteiger partial charge in [0.15, 0.2) is 0 Å². The number of nitrogens with zero attached hydrogens (tertiary/aromatic N) is 1. The monoisotopic (exact) mass is 330 g/mol. The highest BCUT2D eigenvalue weighted by Gasteiger charge is 2.34. The molecule has 7 heteroatoms. The first-order valence-electron chi connectivity index (χ1n) is 7.28. The zero-order chi connectivity index (χ0) is 15.3. The SMILES string of the molecule is CC1(NC(=O)c2cc(S(=O)(=O)Cl)cn2C2CC2)CCCC1. The van der Waals surface area contributed by atoms with E-state index >= 15 is 0 Å². The topological polar surface area (TPSA) is 68.2 Å². The molecule has 2 saturated carbocycles. The van der Waals surface area contributed by atoms with Crippen LogP contribution >= 0.6 is 10.7 Å². The van der Waals surface area contributed by atoms with Crippen LogP contribution in [0.4, 0.5) is 0 Å². The molecule has 5 nitrogen and oxygen atoms in total. The molecule has 0 aliphatic heterocycles. The summed E-state index contributed by atoms with van der Waals surface area (Å²) in [5, 5.41) is 3.06. The van der Waals surface area contributed by atoms with Crippen LogP contribution in [0.3, 0.4) is 0 Å². The van der Waals surface area contributed by atoms with E-state index < -0.39 is 9.05 Å². The van der Waals surface area contributed by atoms with Gasteiger partial charge in [-0.1, -0.05) is 12.8 Å². The predicted octanol–water partition coefficient (Wildman–Crippen LogP) is 2.81. The van der Waals surface area contributed by atoms with Crippen molar-refractivity contribution in [3.63, 3.8) is 0 Å². The molecule has 0 atom stereocenters. The summed E-state index contributed by atoms with van der Waals surface area (Å²) in [5.74, 6) is -0.210. The Bertz CT molecular complexity index is 670. The molecule has 3 rings (SSSR count). The van der Waals surface area contributed by atoms with E-state index in [9.17, 15) is 13.2 Å². The van der Waals surface area contributed by atoms with E-state index in [0.717, 1.165) is 38.5 Å². The van der Waals surface area contributed by atoms with Gasteiger partial charge in [-0.25, -0.2) is 8.42 Å². The van der Waals surface area contributed by atoms with Crippen LogP contribution in [0, 0.1) is 0 Å². The molecule has 1 aromatic rings. The van der Waals surface area contributed by atoms with Gasteiger partial charge in [-0.15, -0.1) is 0 Å². The van der Waals surface area contributed by atoms with Crippen molar-refractivity contribution < 1.29 is 13.2 Å². The van der Waals surface area contributed by atoms with E-state index in [-0.39, 0.29) is 22.4 Å². The summed E-state index contributed by atoms with van der Waals surface area (Å²) < 4.78 is 24.7. The molecular weight excluding hydrogens is 312 g/mol. The van der Waals surface area contributed by atoms with Crippen LogP contribution in [0.5, 0.6) is 0 Å². The zero-order valence-electron chi connectivity index (χ0n) is 11.9. The van der Waals surface area contributed by atoms with E-state index in [4.69, 9.17) is 10.7 Å². The van der Waals surface area contributed by atoms with Crippen molar-refractivity contribution in [2.45, 2.75) is 61.9 Å². The van der Waals surface area contributed by atoms with Crippen LogP contribution in [0.15, 0.2) is 17.2 Å². The molecule has 2 fully saturated rings. The van der Waals surface area contributed by atoms with E-state index in [1.54, 1.807) is 4.57 Å². The van der Waals surface area contributed by atoms with E-state index in [2.05, 4.69) is 5.32 Å². The van der Waals surface area contributed by atoms with Gasteiger partial charge in [0.2, 0.25) is 0 Å². The normalized spacial score (nSPS) is 21.4. The maximum absolute atomic E-state index is 12.5. The highest BCUT2D eigenvalue weighted by atomic mass is 35.7. The fourth-order valence-electron chi connectivity index (χ4n) is 3.04. The summed E-state index contributed by atoms with van der Waals surface area (Å²) in [7, 11) is 1.58.